The molecule has 1 saturated heterocycles. The van der Waals surface area contributed by atoms with Gasteiger partial charge in [-0.3, -0.25) is 4.79 Å². The third-order valence-corrected chi connectivity index (χ3v) is 2.53. The van der Waals surface area contributed by atoms with Crippen molar-refractivity contribution in [3.8, 4) is 0 Å². The average molecular weight is 209 g/mol. The molecule has 0 saturated carbocycles. The summed E-state index contributed by atoms with van der Waals surface area (Å²) < 4.78 is 36.3. The van der Waals surface area contributed by atoms with E-state index in [0.29, 0.717) is 4.90 Å². The van der Waals surface area contributed by atoms with Crippen LogP contribution in [0.2, 0.25) is 0 Å². The lowest BCUT2D eigenvalue weighted by Crippen LogP contribution is -2.48. The van der Waals surface area contributed by atoms with Crippen LogP contribution < -0.4 is 0 Å². The van der Waals surface area contributed by atoms with Gasteiger partial charge >= 0.3 is 12.1 Å². The summed E-state index contributed by atoms with van der Waals surface area (Å²) >= 11 is 0. The van der Waals surface area contributed by atoms with Crippen molar-refractivity contribution in [3.05, 3.63) is 0 Å². The number of likely N-dealkylation sites (tertiary alicyclic amines) is 1. The van der Waals surface area contributed by atoms with E-state index in [9.17, 15) is 23.1 Å². The van der Waals surface area contributed by atoms with E-state index in [1.807, 2.05) is 0 Å². The quantitative estimate of drug-likeness (QED) is 0.546. The molecule has 0 aliphatic carbocycles. The fourth-order valence-electron chi connectivity index (χ4n) is 1.78. The molecule has 0 aromatic rings. The van der Waals surface area contributed by atoms with Crippen LogP contribution in [-0.4, -0.2) is 48.0 Å². The molecule has 1 rings (SSSR count). The predicted octanol–water partition coefficient (Wildman–Crippen LogP) is -0.510. The molecular weight excluding hydrogens is 198 g/mol. The van der Waals surface area contributed by atoms with Gasteiger partial charge in [-0.05, 0) is 13.3 Å². The summed E-state index contributed by atoms with van der Waals surface area (Å²) in [5.74, 6) is -2.63. The average Bonchev–Trinajstić information content (AvgIpc) is 2.24. The van der Waals surface area contributed by atoms with Gasteiger partial charge in [0.2, 0.25) is 0 Å². The number of carbonyl (C=O) groups excluding carboxylic acids is 1. The molecule has 1 aliphatic rings. The fourth-order valence-corrected chi connectivity index (χ4v) is 1.78. The second-order valence-electron chi connectivity index (χ2n) is 3.60. The highest BCUT2D eigenvalue weighted by Crippen LogP contribution is 2.28. The van der Waals surface area contributed by atoms with Gasteiger partial charge in [0.1, 0.15) is 7.85 Å². The highest BCUT2D eigenvalue weighted by Gasteiger charge is 2.49. The number of carbonyl (C=O) groups is 1. The monoisotopic (exact) mass is 209 g/mol. The third-order valence-electron chi connectivity index (χ3n) is 2.53. The van der Waals surface area contributed by atoms with E-state index in [-0.39, 0.29) is 6.42 Å². The highest BCUT2D eigenvalue weighted by molar-refractivity contribution is 6.14. The highest BCUT2D eigenvalue weighted by atomic mass is 19.4. The number of rotatable bonds is 0. The molecule has 3 nitrogen and oxygen atoms in total. The lowest BCUT2D eigenvalue weighted by atomic mass is 9.92. The van der Waals surface area contributed by atoms with Gasteiger partial charge in [-0.2, -0.15) is 13.2 Å². The number of hydrogen-bond acceptors (Lipinski definition) is 2. The van der Waals surface area contributed by atoms with E-state index in [1.54, 1.807) is 0 Å². The summed E-state index contributed by atoms with van der Waals surface area (Å²) in [6, 6.07) is -0.561. The van der Waals surface area contributed by atoms with Gasteiger partial charge in [-0.25, -0.2) is 0 Å². The SMILES string of the molecule is B[C@H]1[C@H](O)C[C@@H](C)N1C(=O)C(F)(F)F. The number of nitrogens with zero attached hydrogens (tertiary/aromatic N) is 1. The number of aliphatic hydroxyl groups is 1. The second kappa shape index (κ2) is 3.45. The van der Waals surface area contributed by atoms with Crippen molar-refractivity contribution in [1.82, 2.24) is 4.90 Å². The minimum Gasteiger partial charge on any atom is -0.392 e. The summed E-state index contributed by atoms with van der Waals surface area (Å²) in [7, 11) is 1.41. The molecule has 3 atom stereocenters. The number of aliphatic hydroxyl groups excluding tert-OH is 1. The molecule has 0 aromatic carbocycles. The fraction of sp³-hybridized carbons (Fsp3) is 0.857. The molecule has 1 amide bonds. The van der Waals surface area contributed by atoms with E-state index >= 15 is 0 Å². The first-order valence-corrected chi connectivity index (χ1v) is 4.32. The van der Waals surface area contributed by atoms with Gasteiger partial charge in [0.05, 0.1) is 6.10 Å². The summed E-state index contributed by atoms with van der Waals surface area (Å²) in [6.07, 6.45) is -5.52. The number of halogens is 3. The first-order valence-electron chi connectivity index (χ1n) is 4.32. The van der Waals surface area contributed by atoms with Crippen LogP contribution in [0.1, 0.15) is 13.3 Å². The van der Waals surface area contributed by atoms with Gasteiger partial charge in [-0.1, -0.05) is 0 Å². The zero-order valence-corrected chi connectivity index (χ0v) is 7.88. The van der Waals surface area contributed by atoms with Gasteiger partial charge in [-0.15, -0.1) is 0 Å². The zero-order chi connectivity index (χ0) is 11.1. The Morgan fingerprint density at radius 2 is 2.07 bits per heavy atom. The maximum atomic E-state index is 12.1. The number of alkyl halides is 3. The predicted molar refractivity (Wildman–Crippen MR) is 45.3 cm³/mol. The molecule has 1 N–H and O–H groups in total. The number of hydrogen-bond donors (Lipinski definition) is 1. The van der Waals surface area contributed by atoms with Gasteiger partial charge < -0.3 is 10.0 Å². The van der Waals surface area contributed by atoms with E-state index in [4.69, 9.17) is 0 Å². The van der Waals surface area contributed by atoms with Crippen LogP contribution >= 0.6 is 0 Å². The molecule has 1 fully saturated rings. The largest absolute Gasteiger partial charge is 0.471 e. The second-order valence-corrected chi connectivity index (χ2v) is 3.60. The van der Waals surface area contributed by atoms with Crippen molar-refractivity contribution in [2.75, 3.05) is 0 Å². The van der Waals surface area contributed by atoms with Crippen LogP contribution in [-0.2, 0) is 4.79 Å². The van der Waals surface area contributed by atoms with E-state index in [0.717, 1.165) is 0 Å². The van der Waals surface area contributed by atoms with Gasteiger partial charge in [0.25, 0.3) is 0 Å². The Morgan fingerprint density at radius 3 is 2.36 bits per heavy atom. The molecule has 0 spiro atoms. The van der Waals surface area contributed by atoms with Crippen molar-refractivity contribution < 1.29 is 23.1 Å². The van der Waals surface area contributed by atoms with E-state index in [1.165, 1.54) is 14.8 Å². The first kappa shape index (κ1) is 11.4. The Balaban J connectivity index is 2.83. The molecular formula is C7H11BF3NO2. The summed E-state index contributed by atoms with van der Waals surface area (Å²) in [4.78, 5) is 11.6. The smallest absolute Gasteiger partial charge is 0.392 e. The Kier molecular flexibility index (Phi) is 2.80. The van der Waals surface area contributed by atoms with Crippen molar-refractivity contribution in [3.63, 3.8) is 0 Å². The van der Waals surface area contributed by atoms with E-state index < -0.39 is 30.2 Å². The Bertz CT molecular complexity index is 246. The minimum atomic E-state index is -4.85. The minimum absolute atomic E-state index is 0.197. The standard InChI is InChI=1S/C7H11BF3NO2/c1-3-2-4(13)5(8)12(3)6(14)7(9,10)11/h3-5,13H,2,8H2,1H3/t3-,4-,5-/m1/s1. The third kappa shape index (κ3) is 1.87. The molecule has 80 valence electrons. The molecule has 0 radical (unpaired) electrons. The lowest BCUT2D eigenvalue weighted by molar-refractivity contribution is -0.187. The maximum Gasteiger partial charge on any atom is 0.471 e. The van der Waals surface area contributed by atoms with Crippen LogP contribution in [0.25, 0.3) is 0 Å². The summed E-state index contributed by atoms with van der Waals surface area (Å²) in [5, 5.41) is 9.29. The van der Waals surface area contributed by atoms with Crippen LogP contribution in [0, 0.1) is 0 Å². The zero-order valence-electron chi connectivity index (χ0n) is 7.88. The van der Waals surface area contributed by atoms with Crippen molar-refractivity contribution in [1.29, 1.82) is 0 Å². The molecule has 0 bridgehead atoms. The van der Waals surface area contributed by atoms with Crippen LogP contribution in [0.3, 0.4) is 0 Å². The molecule has 14 heavy (non-hydrogen) atoms. The Morgan fingerprint density at radius 1 is 1.57 bits per heavy atom. The lowest BCUT2D eigenvalue weighted by Gasteiger charge is -2.27. The van der Waals surface area contributed by atoms with Crippen LogP contribution in [0.5, 0.6) is 0 Å². The number of amides is 1. The maximum absolute atomic E-state index is 12.1. The van der Waals surface area contributed by atoms with Gasteiger partial charge in [0, 0.05) is 12.0 Å². The first-order chi connectivity index (χ1) is 6.25. The topological polar surface area (TPSA) is 40.5 Å². The molecule has 0 aromatic heterocycles. The Hall–Kier alpha value is -0.715. The molecule has 1 aliphatic heterocycles. The van der Waals surface area contributed by atoms with Crippen molar-refractivity contribution >= 4 is 13.8 Å². The summed E-state index contributed by atoms with van der Waals surface area (Å²) in [5.41, 5.74) is 0. The van der Waals surface area contributed by atoms with E-state index in [2.05, 4.69) is 0 Å². The van der Waals surface area contributed by atoms with Crippen LogP contribution in [0.15, 0.2) is 0 Å². The Labute approximate surface area is 80.3 Å². The summed E-state index contributed by atoms with van der Waals surface area (Å²) in [6.45, 7) is 1.50. The van der Waals surface area contributed by atoms with Gasteiger partial charge in [0.15, 0.2) is 0 Å². The molecule has 0 unspecified atom stereocenters. The molecule has 1 heterocycles. The normalized spacial score (nSPS) is 33.5. The van der Waals surface area contributed by atoms with Crippen molar-refractivity contribution in [2.24, 2.45) is 0 Å². The van der Waals surface area contributed by atoms with Crippen LogP contribution in [0.4, 0.5) is 13.2 Å². The molecule has 7 heteroatoms. The van der Waals surface area contributed by atoms with Crippen molar-refractivity contribution in [2.45, 2.75) is 37.6 Å².